The van der Waals surface area contributed by atoms with Gasteiger partial charge in [-0.3, -0.25) is 20.2 Å². The Hall–Kier alpha value is -3.74. The van der Waals surface area contributed by atoms with Gasteiger partial charge in [-0.15, -0.1) is 0 Å². The van der Waals surface area contributed by atoms with Crippen molar-refractivity contribution in [1.82, 2.24) is 15.3 Å². The lowest BCUT2D eigenvalue weighted by molar-refractivity contribution is -0.385. The second-order valence-corrected chi connectivity index (χ2v) is 5.06. The van der Waals surface area contributed by atoms with Gasteiger partial charge in [0, 0.05) is 0 Å². The molecule has 0 aliphatic rings. The van der Waals surface area contributed by atoms with E-state index >= 15 is 0 Å². The maximum Gasteiger partial charge on any atom is 0.404 e. The van der Waals surface area contributed by atoms with E-state index in [-0.39, 0.29) is 40.3 Å². The topological polar surface area (TPSA) is 180 Å². The van der Waals surface area contributed by atoms with Crippen molar-refractivity contribution < 1.29 is 29.2 Å². The van der Waals surface area contributed by atoms with Crippen molar-refractivity contribution in [2.75, 3.05) is 14.2 Å². The first-order chi connectivity index (χ1) is 13.2. The Morgan fingerprint density at radius 3 is 2.07 bits per heavy atom. The fraction of sp³-hybridized carbons (Fsp3) is 0.214. The van der Waals surface area contributed by atoms with Crippen LogP contribution in [0.2, 0.25) is 5.15 Å². The summed E-state index contributed by atoms with van der Waals surface area (Å²) in [4.78, 5) is 37.1. The van der Waals surface area contributed by atoms with Crippen molar-refractivity contribution in [2.45, 2.75) is 6.54 Å². The number of nitrogens with zero attached hydrogens (tertiary/aromatic N) is 4. The zero-order chi connectivity index (χ0) is 21.3. The third kappa shape index (κ3) is 6.53. The van der Waals surface area contributed by atoms with Gasteiger partial charge in [0.05, 0.1) is 42.7 Å². The van der Waals surface area contributed by atoms with E-state index in [1.165, 1.54) is 26.4 Å². The summed E-state index contributed by atoms with van der Waals surface area (Å²) in [6.45, 7) is -0.0729. The molecule has 0 aliphatic carbocycles. The van der Waals surface area contributed by atoms with E-state index in [0.29, 0.717) is 0 Å². The van der Waals surface area contributed by atoms with Crippen LogP contribution in [0.1, 0.15) is 5.69 Å². The molecule has 0 radical (unpaired) electrons. The predicted molar refractivity (Wildman–Crippen MR) is 94.8 cm³/mol. The van der Waals surface area contributed by atoms with E-state index in [2.05, 4.69) is 15.3 Å². The zero-order valence-corrected chi connectivity index (χ0v) is 15.2. The van der Waals surface area contributed by atoms with Gasteiger partial charge < -0.3 is 19.9 Å². The molecule has 0 atom stereocenters. The molecule has 0 aliphatic heterocycles. The molecule has 13 nitrogen and oxygen atoms in total. The number of amides is 1. The summed E-state index contributed by atoms with van der Waals surface area (Å²) in [7, 11) is 2.69. The van der Waals surface area contributed by atoms with E-state index in [1.807, 2.05) is 0 Å². The van der Waals surface area contributed by atoms with Crippen LogP contribution in [0.25, 0.3) is 0 Å². The molecule has 2 aromatic rings. The maximum absolute atomic E-state index is 10.4. The minimum atomic E-state index is -1.21. The van der Waals surface area contributed by atoms with E-state index in [0.717, 1.165) is 12.4 Å². The lowest BCUT2D eigenvalue weighted by Gasteiger charge is -2.06. The molecule has 1 amide bonds. The number of halogens is 1. The van der Waals surface area contributed by atoms with Crippen LogP contribution in [0.5, 0.6) is 11.5 Å². The van der Waals surface area contributed by atoms with Crippen LogP contribution >= 0.6 is 11.6 Å². The average molecular weight is 416 g/mol. The lowest BCUT2D eigenvalue weighted by Crippen LogP contribution is -2.21. The van der Waals surface area contributed by atoms with E-state index in [4.69, 9.17) is 26.2 Å². The van der Waals surface area contributed by atoms with Crippen molar-refractivity contribution in [3.63, 3.8) is 0 Å². The van der Waals surface area contributed by atoms with Crippen molar-refractivity contribution in [1.29, 1.82) is 0 Å². The molecule has 14 heteroatoms. The quantitative estimate of drug-likeness (QED) is 0.403. The molecule has 0 bridgehead atoms. The maximum atomic E-state index is 10.4. The van der Waals surface area contributed by atoms with Gasteiger partial charge in [0.1, 0.15) is 23.8 Å². The van der Waals surface area contributed by atoms with Crippen molar-refractivity contribution in [3.8, 4) is 11.5 Å². The summed E-state index contributed by atoms with van der Waals surface area (Å²) >= 11 is 5.54. The number of nitro groups is 2. The smallest absolute Gasteiger partial charge is 0.404 e. The predicted octanol–water partition coefficient (Wildman–Crippen LogP) is 2.42. The number of carbonyl (C=O) groups is 1. The van der Waals surface area contributed by atoms with E-state index in [9.17, 15) is 25.0 Å². The molecular formula is C14H14ClN5O8. The third-order valence-electron chi connectivity index (χ3n) is 2.98. The van der Waals surface area contributed by atoms with Gasteiger partial charge in [0.25, 0.3) is 11.4 Å². The largest absolute Gasteiger partial charge is 0.495 e. The first kappa shape index (κ1) is 22.3. The Morgan fingerprint density at radius 2 is 1.61 bits per heavy atom. The molecule has 0 saturated heterocycles. The number of pyridine rings is 2. The summed E-state index contributed by atoms with van der Waals surface area (Å²) in [5.74, 6) is 0.369. The Bertz CT molecular complexity index is 879. The van der Waals surface area contributed by atoms with E-state index in [1.54, 1.807) is 0 Å². The van der Waals surface area contributed by atoms with Gasteiger partial charge in [-0.2, -0.15) is 0 Å². The second kappa shape index (κ2) is 10.4. The molecule has 0 fully saturated rings. The highest BCUT2D eigenvalue weighted by atomic mass is 35.5. The molecule has 0 aromatic carbocycles. The average Bonchev–Trinajstić information content (AvgIpc) is 2.66. The first-order valence-electron chi connectivity index (χ1n) is 7.17. The summed E-state index contributed by atoms with van der Waals surface area (Å²) in [5.41, 5.74) is -0.0670. The minimum absolute atomic E-state index is 0.0729. The van der Waals surface area contributed by atoms with Crippen LogP contribution < -0.4 is 14.8 Å². The molecule has 2 aromatic heterocycles. The summed E-state index contributed by atoms with van der Waals surface area (Å²) < 4.78 is 9.61. The minimum Gasteiger partial charge on any atom is -0.495 e. The Kier molecular flexibility index (Phi) is 8.30. The Labute approximate surface area is 162 Å². The number of nitrogens with one attached hydrogen (secondary N) is 1. The van der Waals surface area contributed by atoms with Crippen molar-refractivity contribution >= 4 is 29.1 Å². The van der Waals surface area contributed by atoms with Crippen LogP contribution in [0.4, 0.5) is 16.2 Å². The van der Waals surface area contributed by atoms with Gasteiger partial charge in [-0.1, -0.05) is 11.6 Å². The molecule has 2 N–H and O–H groups in total. The Morgan fingerprint density at radius 1 is 1.11 bits per heavy atom. The normalized spacial score (nSPS) is 9.54. The molecule has 28 heavy (non-hydrogen) atoms. The van der Waals surface area contributed by atoms with Gasteiger partial charge >= 0.3 is 6.09 Å². The highest BCUT2D eigenvalue weighted by Crippen LogP contribution is 2.25. The number of rotatable bonds is 6. The van der Waals surface area contributed by atoms with Crippen LogP contribution in [-0.4, -0.2) is 45.2 Å². The number of methoxy groups -OCH3 is 2. The SMILES string of the molecule is COc1cc([N+](=O)[O-])cnc1CNC(=O)O.COc1cc([N+](=O)[O-])cnc1Cl. The van der Waals surface area contributed by atoms with Gasteiger partial charge in [-0.05, 0) is 0 Å². The van der Waals surface area contributed by atoms with Gasteiger partial charge in [-0.25, -0.2) is 14.8 Å². The number of aromatic nitrogens is 2. The fourth-order valence-electron chi connectivity index (χ4n) is 1.69. The molecule has 2 heterocycles. The fourth-order valence-corrected chi connectivity index (χ4v) is 1.87. The second-order valence-electron chi connectivity index (χ2n) is 4.70. The number of hydrogen-bond acceptors (Lipinski definition) is 9. The van der Waals surface area contributed by atoms with Crippen LogP contribution in [-0.2, 0) is 6.54 Å². The van der Waals surface area contributed by atoms with Crippen LogP contribution in [0.15, 0.2) is 24.5 Å². The van der Waals surface area contributed by atoms with E-state index < -0.39 is 15.9 Å². The summed E-state index contributed by atoms with van der Waals surface area (Å²) in [6, 6.07) is 2.40. The molecule has 0 spiro atoms. The van der Waals surface area contributed by atoms with Crippen molar-refractivity contribution in [3.05, 3.63) is 55.6 Å². The number of ether oxygens (including phenoxy) is 2. The highest BCUT2D eigenvalue weighted by molar-refractivity contribution is 6.30. The number of carboxylic acid groups (broad SMARTS) is 1. The van der Waals surface area contributed by atoms with Crippen LogP contribution in [0, 0.1) is 20.2 Å². The molecule has 2 rings (SSSR count). The monoisotopic (exact) mass is 415 g/mol. The Balaban J connectivity index is 0.000000292. The first-order valence-corrected chi connectivity index (χ1v) is 7.55. The molecular weight excluding hydrogens is 402 g/mol. The van der Waals surface area contributed by atoms with Crippen molar-refractivity contribution in [2.24, 2.45) is 0 Å². The lowest BCUT2D eigenvalue weighted by atomic mass is 10.3. The highest BCUT2D eigenvalue weighted by Gasteiger charge is 2.13. The van der Waals surface area contributed by atoms with Gasteiger partial charge in [0.2, 0.25) is 0 Å². The van der Waals surface area contributed by atoms with Crippen LogP contribution in [0.3, 0.4) is 0 Å². The van der Waals surface area contributed by atoms with Gasteiger partial charge in [0.15, 0.2) is 10.9 Å². The molecule has 0 unspecified atom stereocenters. The summed E-state index contributed by atoms with van der Waals surface area (Å²) in [6.07, 6.45) is 0.911. The molecule has 0 saturated carbocycles. The zero-order valence-electron chi connectivity index (χ0n) is 14.5. The number of hydrogen-bond donors (Lipinski definition) is 2. The third-order valence-corrected chi connectivity index (χ3v) is 3.26. The summed E-state index contributed by atoms with van der Waals surface area (Å²) in [5, 5.41) is 31.3. The molecule has 150 valence electrons. The standard InChI is InChI=1S/C8H9N3O5.C6H5ClN2O3/c1-16-7-2-5(11(14)15)3-9-6(7)4-10-8(12)13;1-12-5-2-4(9(10)11)3-8-6(5)7/h2-3,10H,4H2,1H3,(H,12,13);2-3H,1H3.